The fraction of sp³-hybridized carbons (Fsp3) is 0.952. The second-order valence-electron chi connectivity index (χ2n) is 10.6. The highest BCUT2D eigenvalue weighted by atomic mass is 28.4. The number of aliphatic hydroxyl groups excluding tert-OH is 1. The van der Waals surface area contributed by atoms with Crippen molar-refractivity contribution in [3.63, 3.8) is 0 Å². The molecule has 28 heavy (non-hydrogen) atoms. The van der Waals surface area contributed by atoms with Gasteiger partial charge >= 0.3 is 5.97 Å². The zero-order chi connectivity index (χ0) is 21.9. The summed E-state index contributed by atoms with van der Waals surface area (Å²) in [5.41, 5.74) is -0.552. The zero-order valence-electron chi connectivity index (χ0n) is 19.5. The van der Waals surface area contributed by atoms with Gasteiger partial charge in [-0.15, -0.1) is 0 Å². The first-order chi connectivity index (χ1) is 12.6. The highest BCUT2D eigenvalue weighted by molar-refractivity contribution is 6.74. The second-order valence-corrected chi connectivity index (χ2v) is 15.3. The van der Waals surface area contributed by atoms with Crippen molar-refractivity contribution in [2.24, 2.45) is 11.3 Å². The molecule has 1 saturated heterocycles. The number of carbonyl (C=O) groups is 1. The van der Waals surface area contributed by atoms with E-state index in [-0.39, 0.29) is 35.9 Å². The molecule has 1 heterocycles. The molecule has 1 N–H and O–H groups in total. The van der Waals surface area contributed by atoms with Gasteiger partial charge in [0.15, 0.2) is 14.6 Å². The van der Waals surface area contributed by atoms with Crippen LogP contribution in [0.2, 0.25) is 18.1 Å². The van der Waals surface area contributed by atoms with E-state index >= 15 is 0 Å². The third-order valence-electron chi connectivity index (χ3n) is 5.91. The number of methoxy groups -OCH3 is 1. The summed E-state index contributed by atoms with van der Waals surface area (Å²) in [6, 6.07) is 0. The van der Waals surface area contributed by atoms with Gasteiger partial charge in [0.1, 0.15) is 6.10 Å². The topological polar surface area (TPSA) is 74.2 Å². The van der Waals surface area contributed by atoms with Crippen LogP contribution in [-0.4, -0.2) is 57.7 Å². The largest absolute Gasteiger partial charge is 0.465 e. The van der Waals surface area contributed by atoms with Crippen LogP contribution < -0.4 is 0 Å². The van der Waals surface area contributed by atoms with Crippen molar-refractivity contribution >= 4 is 14.3 Å². The molecule has 0 aliphatic carbocycles. The Morgan fingerprint density at radius 1 is 1.21 bits per heavy atom. The van der Waals surface area contributed by atoms with Gasteiger partial charge in [-0.3, -0.25) is 4.79 Å². The smallest absolute Gasteiger partial charge is 0.311 e. The molecular weight excluding hydrogens is 376 g/mol. The fourth-order valence-corrected chi connectivity index (χ4v) is 4.29. The van der Waals surface area contributed by atoms with Crippen LogP contribution in [0.15, 0.2) is 0 Å². The maximum absolute atomic E-state index is 12.1. The van der Waals surface area contributed by atoms with Crippen LogP contribution in [0.25, 0.3) is 0 Å². The summed E-state index contributed by atoms with van der Waals surface area (Å²) in [4.78, 5) is 12.1. The van der Waals surface area contributed by atoms with Crippen LogP contribution in [0, 0.1) is 11.3 Å². The number of hydrogen-bond donors (Lipinski definition) is 1. The number of aliphatic hydroxyl groups is 1. The molecule has 0 spiro atoms. The lowest BCUT2D eigenvalue weighted by Crippen LogP contribution is -2.51. The zero-order valence-corrected chi connectivity index (χ0v) is 20.5. The standard InChI is InChI=1S/C21H42O6Si/c1-14-13-16(24-8)26-18(14)17(22)15(27-28(9,10)21(5,6)7)11-12-25-19(23)20(2,3)4/h14-18,22H,11-13H2,1-10H3/t14-,15-,16+,17-,18-/m1/s1. The normalized spacial score (nSPS) is 26.2. The van der Waals surface area contributed by atoms with Gasteiger partial charge in [-0.25, -0.2) is 0 Å². The van der Waals surface area contributed by atoms with Crippen LogP contribution in [0.4, 0.5) is 0 Å². The molecule has 6 nitrogen and oxygen atoms in total. The molecule has 166 valence electrons. The molecule has 0 aromatic rings. The second kappa shape index (κ2) is 9.56. The molecule has 0 aromatic carbocycles. The number of esters is 1. The lowest BCUT2D eigenvalue weighted by molar-refractivity contribution is -0.161. The Balaban J connectivity index is 2.90. The van der Waals surface area contributed by atoms with E-state index in [1.165, 1.54) is 0 Å². The van der Waals surface area contributed by atoms with Crippen LogP contribution in [0.1, 0.15) is 61.3 Å². The van der Waals surface area contributed by atoms with Crippen molar-refractivity contribution in [1.29, 1.82) is 0 Å². The molecule has 0 bridgehead atoms. The Labute approximate surface area is 172 Å². The molecule has 0 saturated carbocycles. The monoisotopic (exact) mass is 418 g/mol. The van der Waals surface area contributed by atoms with Crippen LogP contribution in [0.5, 0.6) is 0 Å². The van der Waals surface area contributed by atoms with Crippen molar-refractivity contribution < 1.29 is 28.5 Å². The summed E-state index contributed by atoms with van der Waals surface area (Å²) in [6.45, 7) is 18.5. The number of hydrogen-bond acceptors (Lipinski definition) is 6. The summed E-state index contributed by atoms with van der Waals surface area (Å²) in [5, 5.41) is 11.1. The first-order valence-corrected chi connectivity index (χ1v) is 13.2. The van der Waals surface area contributed by atoms with Crippen LogP contribution in [-0.2, 0) is 23.4 Å². The lowest BCUT2D eigenvalue weighted by atomic mass is 9.95. The van der Waals surface area contributed by atoms with Crippen LogP contribution in [0.3, 0.4) is 0 Å². The molecule has 0 radical (unpaired) electrons. The molecule has 7 heteroatoms. The Bertz CT molecular complexity index is 508. The van der Waals surface area contributed by atoms with Gasteiger partial charge in [-0.05, 0) is 44.8 Å². The highest BCUT2D eigenvalue weighted by Crippen LogP contribution is 2.39. The predicted molar refractivity (Wildman–Crippen MR) is 113 cm³/mol. The van der Waals surface area contributed by atoms with Crippen molar-refractivity contribution in [3.05, 3.63) is 0 Å². The summed E-state index contributed by atoms with van der Waals surface area (Å²) >= 11 is 0. The predicted octanol–water partition coefficient (Wildman–Crippen LogP) is 4.11. The van der Waals surface area contributed by atoms with Gasteiger partial charge in [-0.2, -0.15) is 0 Å². The quantitative estimate of drug-likeness (QED) is 0.472. The van der Waals surface area contributed by atoms with Crippen molar-refractivity contribution in [2.75, 3.05) is 13.7 Å². The van der Waals surface area contributed by atoms with Gasteiger partial charge in [0.25, 0.3) is 0 Å². The molecule has 1 fully saturated rings. The van der Waals surface area contributed by atoms with E-state index in [0.717, 1.165) is 6.42 Å². The summed E-state index contributed by atoms with van der Waals surface area (Å²) in [5.74, 6) is -0.0967. The maximum atomic E-state index is 12.1. The number of rotatable bonds is 8. The van der Waals surface area contributed by atoms with Gasteiger partial charge < -0.3 is 23.7 Å². The molecule has 1 aliphatic heterocycles. The third kappa shape index (κ3) is 6.80. The first-order valence-electron chi connectivity index (χ1n) is 10.3. The van der Waals surface area contributed by atoms with E-state index in [0.29, 0.717) is 6.42 Å². The van der Waals surface area contributed by atoms with Crippen molar-refractivity contribution in [1.82, 2.24) is 0 Å². The third-order valence-corrected chi connectivity index (χ3v) is 10.4. The number of ether oxygens (including phenoxy) is 3. The minimum Gasteiger partial charge on any atom is -0.465 e. The molecule has 0 amide bonds. The molecular formula is C21H42O6Si. The molecule has 1 aliphatic rings. The van der Waals surface area contributed by atoms with Gasteiger partial charge in [-0.1, -0.05) is 27.7 Å². The average molecular weight is 419 g/mol. The van der Waals surface area contributed by atoms with Gasteiger partial charge in [0, 0.05) is 20.0 Å². The van der Waals surface area contributed by atoms with Gasteiger partial charge in [0.2, 0.25) is 0 Å². The van der Waals surface area contributed by atoms with Crippen LogP contribution >= 0.6 is 0 Å². The molecule has 0 unspecified atom stereocenters. The average Bonchev–Trinajstić information content (AvgIpc) is 2.92. The minimum atomic E-state index is -2.13. The van der Waals surface area contributed by atoms with Gasteiger partial charge in [0.05, 0.1) is 24.2 Å². The Kier molecular flexibility index (Phi) is 8.73. The number of carbonyl (C=O) groups excluding carboxylic acids is 1. The molecule has 5 atom stereocenters. The molecule has 0 aromatic heterocycles. The van der Waals surface area contributed by atoms with E-state index < -0.39 is 25.9 Å². The SMILES string of the molecule is CO[C@@H]1C[C@@H](C)[C@H]([C@H](O)[C@@H](CCOC(=O)C(C)(C)C)O[Si](C)(C)C(C)(C)C)O1. The Hall–Kier alpha value is -0.473. The van der Waals surface area contributed by atoms with E-state index in [2.05, 4.69) is 40.8 Å². The Morgan fingerprint density at radius 3 is 2.21 bits per heavy atom. The summed E-state index contributed by atoms with van der Waals surface area (Å²) < 4.78 is 23.2. The molecule has 1 rings (SSSR count). The van der Waals surface area contributed by atoms with E-state index in [1.54, 1.807) is 7.11 Å². The Morgan fingerprint density at radius 2 is 1.79 bits per heavy atom. The van der Waals surface area contributed by atoms with E-state index in [1.807, 2.05) is 20.8 Å². The first kappa shape index (κ1) is 25.6. The summed E-state index contributed by atoms with van der Waals surface area (Å²) in [6.07, 6.45) is -0.765. The summed E-state index contributed by atoms with van der Waals surface area (Å²) in [7, 11) is -0.517. The lowest BCUT2D eigenvalue weighted by Gasteiger charge is -2.41. The van der Waals surface area contributed by atoms with E-state index in [9.17, 15) is 9.90 Å². The maximum Gasteiger partial charge on any atom is 0.311 e. The van der Waals surface area contributed by atoms with Crippen molar-refractivity contribution in [2.45, 2.75) is 104 Å². The van der Waals surface area contributed by atoms with E-state index in [4.69, 9.17) is 18.6 Å². The highest BCUT2D eigenvalue weighted by Gasteiger charge is 2.45. The fourth-order valence-electron chi connectivity index (χ4n) is 2.92. The van der Waals surface area contributed by atoms with Crippen molar-refractivity contribution in [3.8, 4) is 0 Å². The minimum absolute atomic E-state index is 0.00424.